The number of likely N-dealkylation sites (N-methyl/N-ethyl adjacent to an activating group) is 1. The highest BCUT2D eigenvalue weighted by molar-refractivity contribution is 6.30. The highest BCUT2D eigenvalue weighted by atomic mass is 35.5. The first kappa shape index (κ1) is 16.5. The van der Waals surface area contributed by atoms with Crippen LogP contribution in [-0.4, -0.2) is 34.2 Å². The molecule has 2 rings (SSSR count). The zero-order valence-corrected chi connectivity index (χ0v) is 14.1. The standard InChI is InChI=1S/C16H21ClN4O/c1-11-16(12(2)21(4)19-11)18-15(22)10-20(3)9-13-5-7-14(17)8-6-13/h5-8H,9-10H2,1-4H3,(H,18,22). The Hall–Kier alpha value is -1.85. The summed E-state index contributed by atoms with van der Waals surface area (Å²) in [5.41, 5.74) is 3.70. The Bertz CT molecular complexity index is 664. The Labute approximate surface area is 135 Å². The van der Waals surface area contributed by atoms with Crippen LogP contribution in [-0.2, 0) is 18.4 Å². The van der Waals surface area contributed by atoms with E-state index in [-0.39, 0.29) is 5.91 Å². The van der Waals surface area contributed by atoms with Crippen LogP contribution in [0.4, 0.5) is 5.69 Å². The summed E-state index contributed by atoms with van der Waals surface area (Å²) in [5.74, 6) is -0.0457. The van der Waals surface area contributed by atoms with Gasteiger partial charge in [0.1, 0.15) is 0 Å². The normalized spacial score (nSPS) is 11.0. The maximum atomic E-state index is 12.2. The summed E-state index contributed by atoms with van der Waals surface area (Å²) in [6.45, 7) is 4.83. The van der Waals surface area contributed by atoms with Gasteiger partial charge >= 0.3 is 0 Å². The minimum Gasteiger partial charge on any atom is -0.322 e. The molecule has 1 amide bonds. The second-order valence-electron chi connectivity index (χ2n) is 5.52. The molecule has 0 aliphatic carbocycles. The number of hydrogen-bond donors (Lipinski definition) is 1. The van der Waals surface area contributed by atoms with Crippen LogP contribution in [0, 0.1) is 13.8 Å². The number of hydrogen-bond acceptors (Lipinski definition) is 3. The minimum absolute atomic E-state index is 0.0457. The topological polar surface area (TPSA) is 50.2 Å². The smallest absolute Gasteiger partial charge is 0.238 e. The molecule has 1 heterocycles. The van der Waals surface area contributed by atoms with E-state index in [0.717, 1.165) is 22.6 Å². The van der Waals surface area contributed by atoms with Gasteiger partial charge in [0, 0.05) is 18.6 Å². The monoisotopic (exact) mass is 320 g/mol. The van der Waals surface area contributed by atoms with Gasteiger partial charge in [0.05, 0.1) is 23.6 Å². The summed E-state index contributed by atoms with van der Waals surface area (Å²) in [6, 6.07) is 7.64. The van der Waals surface area contributed by atoms with Gasteiger partial charge in [-0.2, -0.15) is 5.10 Å². The van der Waals surface area contributed by atoms with E-state index >= 15 is 0 Å². The maximum absolute atomic E-state index is 12.2. The van der Waals surface area contributed by atoms with E-state index in [0.29, 0.717) is 18.1 Å². The first-order chi connectivity index (χ1) is 10.4. The molecule has 1 aromatic carbocycles. The van der Waals surface area contributed by atoms with Crippen molar-refractivity contribution in [2.45, 2.75) is 20.4 Å². The predicted molar refractivity (Wildman–Crippen MR) is 89.1 cm³/mol. The molecule has 0 aliphatic rings. The van der Waals surface area contributed by atoms with Crippen LogP contribution in [0.1, 0.15) is 17.0 Å². The van der Waals surface area contributed by atoms with Gasteiger partial charge in [0.15, 0.2) is 0 Å². The molecule has 6 heteroatoms. The molecule has 0 atom stereocenters. The highest BCUT2D eigenvalue weighted by Crippen LogP contribution is 2.18. The second kappa shape index (κ2) is 6.94. The van der Waals surface area contributed by atoms with E-state index in [2.05, 4.69) is 10.4 Å². The summed E-state index contributed by atoms with van der Waals surface area (Å²) in [7, 11) is 3.78. The van der Waals surface area contributed by atoms with Crippen LogP contribution in [0.3, 0.4) is 0 Å². The number of halogens is 1. The highest BCUT2D eigenvalue weighted by Gasteiger charge is 2.13. The molecule has 0 bridgehead atoms. The Kier molecular flexibility index (Phi) is 5.21. The fourth-order valence-electron chi connectivity index (χ4n) is 2.34. The lowest BCUT2D eigenvalue weighted by atomic mass is 10.2. The summed E-state index contributed by atoms with van der Waals surface area (Å²) in [4.78, 5) is 14.1. The van der Waals surface area contributed by atoms with Crippen molar-refractivity contribution in [3.63, 3.8) is 0 Å². The van der Waals surface area contributed by atoms with E-state index in [9.17, 15) is 4.79 Å². The van der Waals surface area contributed by atoms with Gasteiger partial charge in [0.25, 0.3) is 0 Å². The van der Waals surface area contributed by atoms with E-state index in [4.69, 9.17) is 11.6 Å². The Balaban J connectivity index is 1.92. The number of carbonyl (C=O) groups excluding carboxylic acids is 1. The molecule has 0 aliphatic heterocycles. The number of amides is 1. The molecule has 0 radical (unpaired) electrons. The molecule has 0 saturated carbocycles. The second-order valence-corrected chi connectivity index (χ2v) is 5.95. The third-order valence-electron chi connectivity index (χ3n) is 3.55. The molecule has 22 heavy (non-hydrogen) atoms. The minimum atomic E-state index is -0.0457. The average Bonchev–Trinajstić information content (AvgIpc) is 2.68. The largest absolute Gasteiger partial charge is 0.322 e. The third-order valence-corrected chi connectivity index (χ3v) is 3.80. The number of benzene rings is 1. The number of rotatable bonds is 5. The van der Waals surface area contributed by atoms with Gasteiger partial charge in [-0.15, -0.1) is 0 Å². The number of anilines is 1. The van der Waals surface area contributed by atoms with Crippen molar-refractivity contribution in [3.8, 4) is 0 Å². The SMILES string of the molecule is Cc1nn(C)c(C)c1NC(=O)CN(C)Cc1ccc(Cl)cc1. The summed E-state index contributed by atoms with van der Waals surface area (Å²) in [6.07, 6.45) is 0. The number of aromatic nitrogens is 2. The van der Waals surface area contributed by atoms with Crippen LogP contribution >= 0.6 is 11.6 Å². The van der Waals surface area contributed by atoms with Crippen LogP contribution < -0.4 is 5.32 Å². The van der Waals surface area contributed by atoms with Gasteiger partial charge in [0.2, 0.25) is 5.91 Å². The van der Waals surface area contributed by atoms with Crippen LogP contribution in [0.25, 0.3) is 0 Å². The van der Waals surface area contributed by atoms with Crippen molar-refractivity contribution < 1.29 is 4.79 Å². The average molecular weight is 321 g/mol. The summed E-state index contributed by atoms with van der Waals surface area (Å²) in [5, 5.41) is 7.95. The first-order valence-corrected chi connectivity index (χ1v) is 7.47. The Morgan fingerprint density at radius 3 is 2.50 bits per heavy atom. The zero-order chi connectivity index (χ0) is 16.3. The molecule has 0 spiro atoms. The molecule has 2 aromatic rings. The van der Waals surface area contributed by atoms with Crippen molar-refractivity contribution in [2.24, 2.45) is 7.05 Å². The van der Waals surface area contributed by atoms with Gasteiger partial charge in [-0.25, -0.2) is 0 Å². The molecule has 5 nitrogen and oxygen atoms in total. The zero-order valence-electron chi connectivity index (χ0n) is 13.4. The van der Waals surface area contributed by atoms with Crippen molar-refractivity contribution in [1.82, 2.24) is 14.7 Å². The quantitative estimate of drug-likeness (QED) is 0.921. The molecule has 118 valence electrons. The molecule has 0 saturated heterocycles. The Morgan fingerprint density at radius 2 is 1.95 bits per heavy atom. The van der Waals surface area contributed by atoms with Crippen molar-refractivity contribution in [3.05, 3.63) is 46.2 Å². The molecular formula is C16H21ClN4O. The number of carbonyl (C=O) groups is 1. The lowest BCUT2D eigenvalue weighted by Crippen LogP contribution is -2.30. The summed E-state index contributed by atoms with van der Waals surface area (Å²) < 4.78 is 1.77. The lowest BCUT2D eigenvalue weighted by Gasteiger charge is -2.16. The molecular weight excluding hydrogens is 300 g/mol. The van der Waals surface area contributed by atoms with Crippen LogP contribution in [0.15, 0.2) is 24.3 Å². The predicted octanol–water partition coefficient (Wildman–Crippen LogP) is 2.76. The molecule has 1 aromatic heterocycles. The fourth-order valence-corrected chi connectivity index (χ4v) is 2.46. The summed E-state index contributed by atoms with van der Waals surface area (Å²) >= 11 is 5.87. The first-order valence-electron chi connectivity index (χ1n) is 7.10. The maximum Gasteiger partial charge on any atom is 0.238 e. The van der Waals surface area contributed by atoms with Crippen LogP contribution in [0.5, 0.6) is 0 Å². The molecule has 1 N–H and O–H groups in total. The van der Waals surface area contributed by atoms with Gasteiger partial charge < -0.3 is 5.32 Å². The number of aryl methyl sites for hydroxylation is 2. The number of nitrogens with zero attached hydrogens (tertiary/aromatic N) is 3. The van der Waals surface area contributed by atoms with E-state index in [1.807, 2.05) is 57.1 Å². The van der Waals surface area contributed by atoms with E-state index in [1.54, 1.807) is 4.68 Å². The Morgan fingerprint density at radius 1 is 1.32 bits per heavy atom. The van der Waals surface area contributed by atoms with Gasteiger partial charge in [-0.3, -0.25) is 14.4 Å². The van der Waals surface area contributed by atoms with Gasteiger partial charge in [-0.1, -0.05) is 23.7 Å². The van der Waals surface area contributed by atoms with Crippen molar-refractivity contribution in [1.29, 1.82) is 0 Å². The fraction of sp³-hybridized carbons (Fsp3) is 0.375. The van der Waals surface area contributed by atoms with Crippen molar-refractivity contribution in [2.75, 3.05) is 18.9 Å². The lowest BCUT2D eigenvalue weighted by molar-refractivity contribution is -0.117. The van der Waals surface area contributed by atoms with E-state index < -0.39 is 0 Å². The van der Waals surface area contributed by atoms with E-state index in [1.165, 1.54) is 0 Å². The van der Waals surface area contributed by atoms with Gasteiger partial charge in [-0.05, 0) is 38.6 Å². The van der Waals surface area contributed by atoms with Crippen LogP contribution in [0.2, 0.25) is 5.02 Å². The number of nitrogens with one attached hydrogen (secondary N) is 1. The molecule has 0 unspecified atom stereocenters. The van der Waals surface area contributed by atoms with Crippen molar-refractivity contribution >= 4 is 23.2 Å². The molecule has 0 fully saturated rings. The third kappa shape index (κ3) is 4.08.